The number of hydrogen-bond donors (Lipinski definition) is 0. The third-order valence-electron chi connectivity index (χ3n) is 4.23. The first-order chi connectivity index (χ1) is 12.0. The Morgan fingerprint density at radius 3 is 2.84 bits per heavy atom. The van der Waals surface area contributed by atoms with E-state index in [1.165, 1.54) is 11.0 Å². The van der Waals surface area contributed by atoms with E-state index in [0.717, 1.165) is 0 Å². The molecule has 1 aromatic carbocycles. The fourth-order valence-electron chi connectivity index (χ4n) is 2.89. The number of hydrogen-bond acceptors (Lipinski definition) is 5. The Hall–Kier alpha value is -3.03. The zero-order chi connectivity index (χ0) is 17.7. The predicted molar refractivity (Wildman–Crippen MR) is 86.7 cm³/mol. The number of halogens is 1. The highest BCUT2D eigenvalue weighted by molar-refractivity contribution is 5.98. The maximum absolute atomic E-state index is 14.3. The summed E-state index contributed by atoms with van der Waals surface area (Å²) >= 11 is 0. The molecule has 0 aliphatic carbocycles. The molecule has 0 atom stereocenters. The van der Waals surface area contributed by atoms with Crippen LogP contribution in [0.2, 0.25) is 0 Å². The lowest BCUT2D eigenvalue weighted by molar-refractivity contribution is 0.0783. The van der Waals surface area contributed by atoms with Gasteiger partial charge < -0.3 is 9.42 Å². The van der Waals surface area contributed by atoms with Gasteiger partial charge in [-0.05, 0) is 12.1 Å². The highest BCUT2D eigenvalue weighted by Gasteiger charge is 2.30. The van der Waals surface area contributed by atoms with Gasteiger partial charge in [0.1, 0.15) is 12.1 Å². The maximum atomic E-state index is 14.3. The second-order valence-corrected chi connectivity index (χ2v) is 6.32. The quantitative estimate of drug-likeness (QED) is 0.716. The van der Waals surface area contributed by atoms with Gasteiger partial charge in [0.25, 0.3) is 11.8 Å². The summed E-state index contributed by atoms with van der Waals surface area (Å²) in [5.74, 6) is 0.0608. The van der Waals surface area contributed by atoms with E-state index in [1.54, 1.807) is 30.1 Å². The lowest BCUT2D eigenvalue weighted by atomic mass is 10.1. The Balaban J connectivity index is 1.91. The number of nitrogens with zero attached hydrogens (tertiary/aromatic N) is 5. The van der Waals surface area contributed by atoms with Crippen molar-refractivity contribution in [3.8, 4) is 17.3 Å². The van der Waals surface area contributed by atoms with Crippen LogP contribution in [-0.4, -0.2) is 37.5 Å². The van der Waals surface area contributed by atoms with Gasteiger partial charge in [-0.3, -0.25) is 9.36 Å². The van der Waals surface area contributed by atoms with Gasteiger partial charge in [0.2, 0.25) is 0 Å². The number of amides is 1. The lowest BCUT2D eigenvalue weighted by Crippen LogP contribution is -2.26. The van der Waals surface area contributed by atoms with E-state index >= 15 is 0 Å². The Bertz CT molecular complexity index is 975. The number of imidazole rings is 1. The Kier molecular flexibility index (Phi) is 3.41. The lowest BCUT2D eigenvalue weighted by Gasteiger charge is -2.14. The fraction of sp³-hybridized carbons (Fsp3) is 0.294. The molecule has 1 amide bonds. The number of carbonyl (C=O) groups excluding carboxylic acids is 1. The monoisotopic (exact) mass is 341 g/mol. The first-order valence-electron chi connectivity index (χ1n) is 7.92. The molecular weight excluding hydrogens is 325 g/mol. The van der Waals surface area contributed by atoms with Crippen LogP contribution in [-0.2, 0) is 6.54 Å². The van der Waals surface area contributed by atoms with Crippen LogP contribution in [0.1, 0.15) is 41.6 Å². The molecule has 0 bridgehead atoms. The zero-order valence-electron chi connectivity index (χ0n) is 14.0. The topological polar surface area (TPSA) is 77.0 Å². The predicted octanol–water partition coefficient (Wildman–Crippen LogP) is 2.77. The number of carbonyl (C=O) groups is 1. The van der Waals surface area contributed by atoms with Gasteiger partial charge in [-0.1, -0.05) is 25.1 Å². The van der Waals surface area contributed by atoms with Crippen LogP contribution in [0.3, 0.4) is 0 Å². The molecule has 0 saturated heterocycles. The average molecular weight is 341 g/mol. The minimum absolute atomic E-state index is 0.0288. The Morgan fingerprint density at radius 1 is 1.32 bits per heavy atom. The van der Waals surface area contributed by atoms with Crippen LogP contribution >= 0.6 is 0 Å². The first kappa shape index (κ1) is 15.5. The van der Waals surface area contributed by atoms with Crippen molar-refractivity contribution in [3.63, 3.8) is 0 Å². The molecule has 0 fully saturated rings. The number of rotatable bonds is 2. The highest BCUT2D eigenvalue weighted by Crippen LogP contribution is 2.31. The molecule has 0 radical (unpaired) electrons. The van der Waals surface area contributed by atoms with Crippen LogP contribution < -0.4 is 0 Å². The second-order valence-electron chi connectivity index (χ2n) is 6.32. The molecule has 1 aliphatic rings. The number of benzene rings is 1. The molecular formula is C17H16FN5O2. The van der Waals surface area contributed by atoms with Gasteiger partial charge in [0.15, 0.2) is 11.5 Å². The summed E-state index contributed by atoms with van der Waals surface area (Å²) in [6.07, 6.45) is 1.55. The zero-order valence-corrected chi connectivity index (χ0v) is 14.0. The van der Waals surface area contributed by atoms with Crippen LogP contribution in [0.15, 0.2) is 29.0 Å². The molecule has 0 N–H and O–H groups in total. The van der Waals surface area contributed by atoms with E-state index in [2.05, 4.69) is 15.1 Å². The van der Waals surface area contributed by atoms with Crippen LogP contribution in [0.25, 0.3) is 17.3 Å². The minimum Gasteiger partial charge on any atom is -0.336 e. The summed E-state index contributed by atoms with van der Waals surface area (Å²) in [6, 6.07) is 4.54. The van der Waals surface area contributed by atoms with Crippen molar-refractivity contribution in [3.05, 3.63) is 47.4 Å². The van der Waals surface area contributed by atoms with Gasteiger partial charge in [0, 0.05) is 13.0 Å². The molecule has 1 aliphatic heterocycles. The number of aromatic nitrogens is 4. The van der Waals surface area contributed by atoms with Crippen molar-refractivity contribution in [2.45, 2.75) is 26.3 Å². The van der Waals surface area contributed by atoms with Crippen LogP contribution in [0, 0.1) is 5.82 Å². The summed E-state index contributed by atoms with van der Waals surface area (Å²) in [7, 11) is 1.62. The Labute approximate surface area is 143 Å². The third-order valence-corrected chi connectivity index (χ3v) is 4.23. The van der Waals surface area contributed by atoms with E-state index < -0.39 is 5.82 Å². The summed E-state index contributed by atoms with van der Waals surface area (Å²) in [5.41, 5.74) is 1.67. The third kappa shape index (κ3) is 2.33. The maximum Gasteiger partial charge on any atom is 0.278 e. The van der Waals surface area contributed by atoms with Crippen molar-refractivity contribution in [2.75, 3.05) is 7.05 Å². The summed E-state index contributed by atoms with van der Waals surface area (Å²) < 4.78 is 21.3. The van der Waals surface area contributed by atoms with E-state index in [1.807, 2.05) is 13.8 Å². The van der Waals surface area contributed by atoms with E-state index in [0.29, 0.717) is 22.9 Å². The second kappa shape index (κ2) is 5.51. The Morgan fingerprint density at radius 2 is 2.12 bits per heavy atom. The molecule has 8 heteroatoms. The van der Waals surface area contributed by atoms with Crippen molar-refractivity contribution in [1.29, 1.82) is 0 Å². The molecule has 2 aromatic heterocycles. The van der Waals surface area contributed by atoms with Gasteiger partial charge in [-0.15, -0.1) is 0 Å². The molecule has 0 spiro atoms. The standard InChI is InChI=1S/C17H16FN5O2/c1-9(2)15-20-16(25-21-15)14-12-7-22(3)17(24)13-10(18)5-4-6-11(13)23(12)8-19-14/h4-6,8-9H,7H2,1-3H3. The van der Waals surface area contributed by atoms with Gasteiger partial charge in [0.05, 0.1) is 23.5 Å². The number of fused-ring (bicyclic) bond motifs is 3. The molecule has 3 aromatic rings. The van der Waals surface area contributed by atoms with Crippen molar-refractivity contribution < 1.29 is 13.7 Å². The summed E-state index contributed by atoms with van der Waals surface area (Å²) in [6.45, 7) is 4.18. The summed E-state index contributed by atoms with van der Waals surface area (Å²) in [4.78, 5) is 22.8. The molecule has 0 saturated carbocycles. The van der Waals surface area contributed by atoms with Gasteiger partial charge in [-0.2, -0.15) is 4.98 Å². The SMILES string of the molecule is CC(C)c1noc(-c2ncn3c2CN(C)C(=O)c2c(F)cccc2-3)n1. The fourth-order valence-corrected chi connectivity index (χ4v) is 2.89. The van der Waals surface area contributed by atoms with Crippen LogP contribution in [0.5, 0.6) is 0 Å². The largest absolute Gasteiger partial charge is 0.336 e. The highest BCUT2D eigenvalue weighted by atomic mass is 19.1. The molecule has 0 unspecified atom stereocenters. The van der Waals surface area contributed by atoms with Crippen molar-refractivity contribution >= 4 is 5.91 Å². The summed E-state index contributed by atoms with van der Waals surface area (Å²) in [5, 5.41) is 3.96. The smallest absolute Gasteiger partial charge is 0.278 e. The van der Waals surface area contributed by atoms with Gasteiger partial charge in [-0.25, -0.2) is 9.37 Å². The van der Waals surface area contributed by atoms with E-state index in [4.69, 9.17) is 4.52 Å². The first-order valence-corrected chi connectivity index (χ1v) is 7.92. The van der Waals surface area contributed by atoms with E-state index in [-0.39, 0.29) is 29.8 Å². The van der Waals surface area contributed by atoms with Gasteiger partial charge >= 0.3 is 0 Å². The van der Waals surface area contributed by atoms with Crippen molar-refractivity contribution in [1.82, 2.24) is 24.6 Å². The normalized spacial score (nSPS) is 13.8. The van der Waals surface area contributed by atoms with Crippen molar-refractivity contribution in [2.24, 2.45) is 0 Å². The molecule has 7 nitrogen and oxygen atoms in total. The molecule has 25 heavy (non-hydrogen) atoms. The molecule has 4 rings (SSSR count). The van der Waals surface area contributed by atoms with E-state index in [9.17, 15) is 9.18 Å². The van der Waals surface area contributed by atoms with Crippen LogP contribution in [0.4, 0.5) is 4.39 Å². The minimum atomic E-state index is -0.558. The molecule has 128 valence electrons. The average Bonchev–Trinajstić information content (AvgIpc) is 3.18. The molecule has 3 heterocycles.